The van der Waals surface area contributed by atoms with E-state index in [0.29, 0.717) is 5.75 Å². The summed E-state index contributed by atoms with van der Waals surface area (Å²) in [5.41, 5.74) is 2.59. The molecule has 0 atom stereocenters. The van der Waals surface area contributed by atoms with Crippen LogP contribution in [0, 0.1) is 6.92 Å². The van der Waals surface area contributed by atoms with Crippen LogP contribution in [-0.4, -0.2) is 32.7 Å². The summed E-state index contributed by atoms with van der Waals surface area (Å²) in [7, 11) is 0. The van der Waals surface area contributed by atoms with Crippen molar-refractivity contribution in [3.8, 4) is 11.4 Å². The summed E-state index contributed by atoms with van der Waals surface area (Å²) >= 11 is 3.43. The van der Waals surface area contributed by atoms with Gasteiger partial charge in [-0.15, -0.1) is 5.10 Å². The van der Waals surface area contributed by atoms with Gasteiger partial charge in [-0.2, -0.15) is 0 Å². The molecule has 1 amide bonds. The Bertz CT molecular complexity index is 834. The molecule has 0 saturated heterocycles. The van der Waals surface area contributed by atoms with Gasteiger partial charge in [-0.3, -0.25) is 4.79 Å². The highest BCUT2D eigenvalue weighted by Crippen LogP contribution is 2.20. The van der Waals surface area contributed by atoms with E-state index < -0.39 is 0 Å². The number of benzene rings is 2. The molecular weight excluding hydrogens is 374 g/mol. The van der Waals surface area contributed by atoms with Crippen LogP contribution in [0.25, 0.3) is 5.69 Å². The average Bonchev–Trinajstić information content (AvgIpc) is 3.11. The van der Waals surface area contributed by atoms with Crippen molar-refractivity contribution in [2.45, 2.75) is 6.92 Å². The minimum Gasteiger partial charge on any atom is -0.484 e. The number of rotatable bonds is 5. The lowest BCUT2D eigenvalue weighted by atomic mass is 10.2. The van der Waals surface area contributed by atoms with Crippen LogP contribution in [0.1, 0.15) is 5.56 Å². The molecule has 0 bridgehead atoms. The Morgan fingerprint density at radius 2 is 2.04 bits per heavy atom. The Morgan fingerprint density at radius 3 is 2.71 bits per heavy atom. The van der Waals surface area contributed by atoms with Gasteiger partial charge in [0, 0.05) is 10.2 Å². The number of tetrazole rings is 1. The summed E-state index contributed by atoms with van der Waals surface area (Å²) in [5, 5.41) is 13.8. The summed E-state index contributed by atoms with van der Waals surface area (Å²) < 4.78 is 8.02. The van der Waals surface area contributed by atoms with Gasteiger partial charge in [-0.1, -0.05) is 15.9 Å². The predicted octanol–water partition coefficient (Wildman–Crippen LogP) is 2.75. The topological polar surface area (TPSA) is 81.9 Å². The van der Waals surface area contributed by atoms with Gasteiger partial charge < -0.3 is 10.1 Å². The van der Waals surface area contributed by atoms with Gasteiger partial charge in [0.05, 0.1) is 5.69 Å². The third-order valence-corrected chi connectivity index (χ3v) is 4.15. The number of aromatic nitrogens is 4. The molecule has 7 nitrogen and oxygen atoms in total. The number of nitrogens with zero attached hydrogens (tertiary/aromatic N) is 4. The number of nitrogens with one attached hydrogen (secondary N) is 1. The van der Waals surface area contributed by atoms with Crippen molar-refractivity contribution in [2.75, 3.05) is 11.9 Å². The second-order valence-corrected chi connectivity index (χ2v) is 5.90. The standard InChI is InChI=1S/C16H14BrN5O2/c1-11-8-12(2-7-15(11)17)19-16(23)9-24-14-5-3-13(4-6-14)22-10-18-20-21-22/h2-8,10H,9H2,1H3,(H,19,23). The van der Waals surface area contributed by atoms with Gasteiger partial charge >= 0.3 is 0 Å². The van der Waals surface area contributed by atoms with E-state index in [1.54, 1.807) is 12.1 Å². The molecule has 0 fully saturated rings. The molecule has 0 aliphatic carbocycles. The van der Waals surface area contributed by atoms with Crippen LogP contribution in [0.4, 0.5) is 5.69 Å². The van der Waals surface area contributed by atoms with Crippen molar-refractivity contribution in [1.29, 1.82) is 0 Å². The second kappa shape index (κ2) is 7.22. The van der Waals surface area contributed by atoms with E-state index in [-0.39, 0.29) is 12.5 Å². The fourth-order valence-electron chi connectivity index (χ4n) is 2.04. The fourth-order valence-corrected chi connectivity index (χ4v) is 2.29. The Kier molecular flexibility index (Phi) is 4.85. The van der Waals surface area contributed by atoms with E-state index in [4.69, 9.17) is 4.74 Å². The van der Waals surface area contributed by atoms with E-state index in [9.17, 15) is 4.79 Å². The average molecular weight is 388 g/mol. The normalized spacial score (nSPS) is 10.4. The fraction of sp³-hybridized carbons (Fsp3) is 0.125. The van der Waals surface area contributed by atoms with E-state index in [1.807, 2.05) is 37.3 Å². The predicted molar refractivity (Wildman–Crippen MR) is 92.2 cm³/mol. The van der Waals surface area contributed by atoms with Gasteiger partial charge in [0.25, 0.3) is 5.91 Å². The monoisotopic (exact) mass is 387 g/mol. The van der Waals surface area contributed by atoms with Crippen molar-refractivity contribution in [3.63, 3.8) is 0 Å². The van der Waals surface area contributed by atoms with E-state index in [2.05, 4.69) is 36.8 Å². The molecule has 0 aliphatic heterocycles. The Hall–Kier alpha value is -2.74. The molecule has 0 aliphatic rings. The number of ether oxygens (including phenoxy) is 1. The van der Waals surface area contributed by atoms with E-state index in [0.717, 1.165) is 21.4 Å². The maximum atomic E-state index is 12.0. The smallest absolute Gasteiger partial charge is 0.262 e. The number of hydrogen-bond donors (Lipinski definition) is 1. The molecule has 2 aromatic carbocycles. The highest BCUT2D eigenvalue weighted by Gasteiger charge is 2.06. The lowest BCUT2D eigenvalue weighted by Crippen LogP contribution is -2.20. The van der Waals surface area contributed by atoms with Crippen LogP contribution in [0.2, 0.25) is 0 Å². The molecule has 122 valence electrons. The number of carbonyl (C=O) groups excluding carboxylic acids is 1. The number of hydrogen-bond acceptors (Lipinski definition) is 5. The minimum absolute atomic E-state index is 0.0701. The summed E-state index contributed by atoms with van der Waals surface area (Å²) in [4.78, 5) is 12.0. The van der Waals surface area contributed by atoms with Gasteiger partial charge in [-0.25, -0.2) is 4.68 Å². The molecule has 3 aromatic rings. The molecule has 0 radical (unpaired) electrons. The van der Waals surface area contributed by atoms with Crippen molar-refractivity contribution in [3.05, 3.63) is 58.8 Å². The number of aryl methyl sites for hydroxylation is 1. The molecule has 1 aromatic heterocycles. The molecule has 24 heavy (non-hydrogen) atoms. The maximum absolute atomic E-state index is 12.0. The van der Waals surface area contributed by atoms with E-state index in [1.165, 1.54) is 11.0 Å². The lowest BCUT2D eigenvalue weighted by molar-refractivity contribution is -0.118. The number of halogens is 1. The van der Waals surface area contributed by atoms with Crippen molar-refractivity contribution >= 4 is 27.5 Å². The van der Waals surface area contributed by atoms with E-state index >= 15 is 0 Å². The van der Waals surface area contributed by atoms with Crippen LogP contribution >= 0.6 is 15.9 Å². The molecule has 0 unspecified atom stereocenters. The first kappa shape index (κ1) is 16.1. The van der Waals surface area contributed by atoms with Gasteiger partial charge in [-0.05, 0) is 65.4 Å². The highest BCUT2D eigenvalue weighted by molar-refractivity contribution is 9.10. The Labute approximate surface area is 146 Å². The van der Waals surface area contributed by atoms with Crippen molar-refractivity contribution in [2.24, 2.45) is 0 Å². The first-order valence-electron chi connectivity index (χ1n) is 7.14. The zero-order chi connectivity index (χ0) is 16.9. The molecule has 1 N–H and O–H groups in total. The number of amides is 1. The largest absolute Gasteiger partial charge is 0.484 e. The minimum atomic E-state index is -0.221. The zero-order valence-electron chi connectivity index (χ0n) is 12.8. The Balaban J connectivity index is 1.55. The molecule has 3 rings (SSSR count). The first-order valence-corrected chi connectivity index (χ1v) is 7.93. The van der Waals surface area contributed by atoms with Crippen LogP contribution in [-0.2, 0) is 4.79 Å². The maximum Gasteiger partial charge on any atom is 0.262 e. The van der Waals surface area contributed by atoms with Crippen LogP contribution < -0.4 is 10.1 Å². The summed E-state index contributed by atoms with van der Waals surface area (Å²) in [6, 6.07) is 12.7. The molecule has 1 heterocycles. The van der Waals surface area contributed by atoms with Crippen molar-refractivity contribution in [1.82, 2.24) is 20.2 Å². The van der Waals surface area contributed by atoms with Crippen molar-refractivity contribution < 1.29 is 9.53 Å². The summed E-state index contributed by atoms with van der Waals surface area (Å²) in [6.45, 7) is 1.89. The summed E-state index contributed by atoms with van der Waals surface area (Å²) in [5.74, 6) is 0.371. The first-order chi connectivity index (χ1) is 11.6. The second-order valence-electron chi connectivity index (χ2n) is 5.05. The zero-order valence-corrected chi connectivity index (χ0v) is 14.4. The van der Waals surface area contributed by atoms with Gasteiger partial charge in [0.1, 0.15) is 12.1 Å². The molecule has 8 heteroatoms. The molecular formula is C16H14BrN5O2. The van der Waals surface area contributed by atoms with Crippen LogP contribution in [0.15, 0.2) is 53.3 Å². The number of carbonyl (C=O) groups is 1. The third-order valence-electron chi connectivity index (χ3n) is 3.26. The lowest BCUT2D eigenvalue weighted by Gasteiger charge is -2.09. The molecule has 0 saturated carbocycles. The van der Waals surface area contributed by atoms with Gasteiger partial charge in [0.15, 0.2) is 6.61 Å². The summed E-state index contributed by atoms with van der Waals surface area (Å²) in [6.07, 6.45) is 1.50. The van der Waals surface area contributed by atoms with Gasteiger partial charge in [0.2, 0.25) is 0 Å². The Morgan fingerprint density at radius 1 is 1.25 bits per heavy atom. The van der Waals surface area contributed by atoms with Crippen LogP contribution in [0.5, 0.6) is 5.75 Å². The highest BCUT2D eigenvalue weighted by atomic mass is 79.9. The van der Waals surface area contributed by atoms with Crippen LogP contribution in [0.3, 0.4) is 0 Å². The third kappa shape index (κ3) is 3.96. The SMILES string of the molecule is Cc1cc(NC(=O)COc2ccc(-n3cnnn3)cc2)ccc1Br. The quantitative estimate of drug-likeness (QED) is 0.727. The number of anilines is 1. The molecule has 0 spiro atoms.